The van der Waals surface area contributed by atoms with Crippen molar-refractivity contribution in [3.63, 3.8) is 0 Å². The average Bonchev–Trinajstić information content (AvgIpc) is 3.85. The Kier molecular flexibility index (Phi) is 7.42. The second-order valence-electron chi connectivity index (χ2n) is 14.0. The molecule has 0 saturated heterocycles. The molecule has 11 rings (SSSR count). The van der Waals surface area contributed by atoms with Gasteiger partial charge >= 0.3 is 0 Å². The van der Waals surface area contributed by atoms with Gasteiger partial charge in [-0.05, 0) is 81.9 Å². The number of hydrogen-bond acceptors (Lipinski definition) is 5. The summed E-state index contributed by atoms with van der Waals surface area (Å²) in [5.41, 5.74) is 12.5. The zero-order valence-corrected chi connectivity index (χ0v) is 30.1. The molecule has 0 amide bonds. The lowest BCUT2D eigenvalue weighted by atomic mass is 9.90. The molecule has 5 heteroatoms. The van der Waals surface area contributed by atoms with E-state index in [-0.39, 0.29) is 0 Å². The normalized spacial score (nSPS) is 11.6. The van der Waals surface area contributed by atoms with Gasteiger partial charge in [-0.3, -0.25) is 0 Å². The van der Waals surface area contributed by atoms with Crippen LogP contribution in [0.15, 0.2) is 197 Å². The highest BCUT2D eigenvalue weighted by Gasteiger charge is 2.19. The van der Waals surface area contributed by atoms with Crippen LogP contribution in [0.5, 0.6) is 0 Å². The van der Waals surface area contributed by atoms with Gasteiger partial charge in [0.2, 0.25) is 0 Å². The summed E-state index contributed by atoms with van der Waals surface area (Å²) in [6.07, 6.45) is 0. The van der Waals surface area contributed by atoms with Crippen LogP contribution in [-0.2, 0) is 0 Å². The quantitative estimate of drug-likeness (QED) is 0.171. The van der Waals surface area contributed by atoms with Crippen molar-refractivity contribution in [1.29, 1.82) is 0 Å². The van der Waals surface area contributed by atoms with E-state index in [1.807, 2.05) is 97.1 Å². The minimum Gasteiger partial charge on any atom is -0.456 e. The summed E-state index contributed by atoms with van der Waals surface area (Å²) < 4.78 is 12.7. The van der Waals surface area contributed by atoms with E-state index in [1.165, 1.54) is 0 Å². The lowest BCUT2D eigenvalue weighted by Crippen LogP contribution is -2.01. The molecule has 0 unspecified atom stereocenters. The summed E-state index contributed by atoms with van der Waals surface area (Å²) in [6.45, 7) is 0. The van der Waals surface area contributed by atoms with Crippen LogP contribution in [0.25, 0.3) is 111 Å². The summed E-state index contributed by atoms with van der Waals surface area (Å²) in [4.78, 5) is 15.2. The summed E-state index contributed by atoms with van der Waals surface area (Å²) in [5, 5.41) is 4.38. The van der Waals surface area contributed by atoms with Gasteiger partial charge in [0.25, 0.3) is 0 Å². The van der Waals surface area contributed by atoms with Crippen LogP contribution in [-0.4, -0.2) is 15.0 Å². The molecule has 11 aromatic rings. The molecule has 0 aliphatic rings. The molecule has 0 fully saturated rings. The Morgan fingerprint density at radius 1 is 0.268 bits per heavy atom. The molecule has 3 aromatic heterocycles. The van der Waals surface area contributed by atoms with E-state index in [4.69, 9.17) is 23.8 Å². The molecule has 0 atom stereocenters. The minimum atomic E-state index is 0.604. The molecule has 0 spiro atoms. The summed E-state index contributed by atoms with van der Waals surface area (Å²) in [6, 6.07) is 64.6. The van der Waals surface area contributed by atoms with E-state index in [0.29, 0.717) is 17.5 Å². The van der Waals surface area contributed by atoms with Crippen molar-refractivity contribution in [1.82, 2.24) is 15.0 Å². The Labute approximate surface area is 322 Å². The first kappa shape index (κ1) is 31.9. The Hall–Kier alpha value is -7.63. The number of nitrogens with zero attached hydrogens (tertiary/aromatic N) is 3. The highest BCUT2D eigenvalue weighted by molar-refractivity contribution is 6.13. The maximum absolute atomic E-state index is 6.38. The van der Waals surface area contributed by atoms with E-state index in [0.717, 1.165) is 93.9 Å². The SMILES string of the molecule is c1ccc(-c2nc(-c3ccccc3)nc(-c3ccccc3-c3cc(-c4ccc5c(c4)oc4ccccc45)cc(-c4cccc5oc6ccccc6c45)c3)n2)cc1. The molecule has 3 heterocycles. The lowest BCUT2D eigenvalue weighted by Gasteiger charge is -2.15. The van der Waals surface area contributed by atoms with Gasteiger partial charge < -0.3 is 8.83 Å². The van der Waals surface area contributed by atoms with Crippen LogP contribution in [0.4, 0.5) is 0 Å². The fourth-order valence-corrected chi connectivity index (χ4v) is 7.88. The largest absolute Gasteiger partial charge is 0.456 e. The predicted molar refractivity (Wildman–Crippen MR) is 227 cm³/mol. The molecule has 0 radical (unpaired) electrons. The highest BCUT2D eigenvalue weighted by atomic mass is 16.3. The van der Waals surface area contributed by atoms with Crippen LogP contribution in [0.1, 0.15) is 0 Å². The van der Waals surface area contributed by atoms with Gasteiger partial charge in [0.15, 0.2) is 17.5 Å². The number of aromatic nitrogens is 3. The third-order valence-electron chi connectivity index (χ3n) is 10.5. The second-order valence-corrected chi connectivity index (χ2v) is 14.0. The molecular weight excluding hydrogens is 687 g/mol. The molecule has 0 saturated carbocycles. The molecular formula is C51H31N3O2. The number of rotatable bonds is 6. The van der Waals surface area contributed by atoms with Crippen LogP contribution >= 0.6 is 0 Å². The fraction of sp³-hybridized carbons (Fsp3) is 0. The third kappa shape index (κ3) is 5.45. The van der Waals surface area contributed by atoms with Crippen molar-refractivity contribution < 1.29 is 8.83 Å². The number of hydrogen-bond donors (Lipinski definition) is 0. The van der Waals surface area contributed by atoms with Crippen molar-refractivity contribution in [2.24, 2.45) is 0 Å². The van der Waals surface area contributed by atoms with E-state index in [2.05, 4.69) is 91.0 Å². The average molecular weight is 718 g/mol. The second kappa shape index (κ2) is 13.0. The standard InChI is InChI=1S/C51H31N3O2/c1-3-14-32(15-4-1)49-52-50(33-16-5-2-6-17-33)54-51(53-49)42-20-8-7-18-38(42)36-28-35(34-26-27-41-40-19-9-11-23-44(40)56-47(41)31-34)29-37(30-36)39-22-13-25-46-48(39)43-21-10-12-24-45(43)55-46/h1-31H. The third-order valence-corrected chi connectivity index (χ3v) is 10.5. The maximum atomic E-state index is 6.38. The topological polar surface area (TPSA) is 65.0 Å². The van der Waals surface area contributed by atoms with E-state index in [1.54, 1.807) is 0 Å². The Morgan fingerprint density at radius 3 is 1.50 bits per heavy atom. The van der Waals surface area contributed by atoms with Crippen LogP contribution < -0.4 is 0 Å². The van der Waals surface area contributed by atoms with Crippen LogP contribution in [0, 0.1) is 0 Å². The Balaban J connectivity index is 1.15. The Bertz CT molecular complexity index is 3200. The molecule has 56 heavy (non-hydrogen) atoms. The molecule has 8 aromatic carbocycles. The van der Waals surface area contributed by atoms with Crippen molar-refractivity contribution >= 4 is 43.9 Å². The monoisotopic (exact) mass is 717 g/mol. The summed E-state index contributed by atoms with van der Waals surface area (Å²) in [5.74, 6) is 1.85. The first-order valence-electron chi connectivity index (χ1n) is 18.7. The highest BCUT2D eigenvalue weighted by Crippen LogP contribution is 2.42. The molecule has 0 aliphatic carbocycles. The first-order valence-corrected chi connectivity index (χ1v) is 18.7. The zero-order valence-electron chi connectivity index (χ0n) is 30.1. The summed E-state index contributed by atoms with van der Waals surface area (Å²) >= 11 is 0. The lowest BCUT2D eigenvalue weighted by molar-refractivity contribution is 0.668. The van der Waals surface area contributed by atoms with Gasteiger partial charge in [-0.25, -0.2) is 15.0 Å². The van der Waals surface area contributed by atoms with Gasteiger partial charge in [-0.2, -0.15) is 0 Å². The smallest absolute Gasteiger partial charge is 0.164 e. The van der Waals surface area contributed by atoms with Gasteiger partial charge in [0.1, 0.15) is 22.3 Å². The number of fused-ring (bicyclic) bond motifs is 6. The maximum Gasteiger partial charge on any atom is 0.164 e. The zero-order chi connectivity index (χ0) is 37.0. The van der Waals surface area contributed by atoms with E-state index < -0.39 is 0 Å². The van der Waals surface area contributed by atoms with Crippen molar-refractivity contribution in [2.45, 2.75) is 0 Å². The molecule has 0 bridgehead atoms. The van der Waals surface area contributed by atoms with Crippen molar-refractivity contribution in [3.8, 4) is 67.5 Å². The molecule has 0 aliphatic heterocycles. The Morgan fingerprint density at radius 2 is 0.768 bits per heavy atom. The molecule has 262 valence electrons. The summed E-state index contributed by atoms with van der Waals surface area (Å²) in [7, 11) is 0. The van der Waals surface area contributed by atoms with Gasteiger partial charge in [0, 0.05) is 38.2 Å². The van der Waals surface area contributed by atoms with Crippen molar-refractivity contribution in [3.05, 3.63) is 188 Å². The number of para-hydroxylation sites is 2. The van der Waals surface area contributed by atoms with Gasteiger partial charge in [-0.15, -0.1) is 0 Å². The molecule has 5 nitrogen and oxygen atoms in total. The van der Waals surface area contributed by atoms with Crippen LogP contribution in [0.3, 0.4) is 0 Å². The van der Waals surface area contributed by atoms with Gasteiger partial charge in [0.05, 0.1) is 0 Å². The van der Waals surface area contributed by atoms with E-state index >= 15 is 0 Å². The predicted octanol–water partition coefficient (Wildman–Crippen LogP) is 13.7. The minimum absolute atomic E-state index is 0.604. The van der Waals surface area contributed by atoms with E-state index in [9.17, 15) is 0 Å². The van der Waals surface area contributed by atoms with Gasteiger partial charge in [-0.1, -0.05) is 140 Å². The molecule has 0 N–H and O–H groups in total. The number of benzene rings is 8. The fourth-order valence-electron chi connectivity index (χ4n) is 7.88. The van der Waals surface area contributed by atoms with Crippen molar-refractivity contribution in [2.75, 3.05) is 0 Å². The van der Waals surface area contributed by atoms with Crippen LogP contribution in [0.2, 0.25) is 0 Å². The first-order chi connectivity index (χ1) is 27.7. The number of furan rings is 2.